The molecule has 0 saturated carbocycles. The predicted molar refractivity (Wildman–Crippen MR) is 129 cm³/mol. The van der Waals surface area contributed by atoms with Gasteiger partial charge in [0.25, 0.3) is 5.91 Å². The molecule has 0 saturated heterocycles. The van der Waals surface area contributed by atoms with E-state index in [1.54, 1.807) is 24.6 Å². The molecule has 0 atom stereocenters. The van der Waals surface area contributed by atoms with Gasteiger partial charge in [-0.25, -0.2) is 10.4 Å². The van der Waals surface area contributed by atoms with Crippen molar-refractivity contribution in [2.75, 3.05) is 18.5 Å². The van der Waals surface area contributed by atoms with Gasteiger partial charge in [0.2, 0.25) is 0 Å². The third-order valence-corrected chi connectivity index (χ3v) is 5.30. The lowest BCUT2D eigenvalue weighted by molar-refractivity contribution is 0.0956. The first-order chi connectivity index (χ1) is 15.7. The van der Waals surface area contributed by atoms with Crippen LogP contribution in [0, 0.1) is 0 Å². The molecule has 4 aromatic rings. The second-order valence-electron chi connectivity index (χ2n) is 7.62. The van der Waals surface area contributed by atoms with Gasteiger partial charge >= 0.3 is 0 Å². The lowest BCUT2D eigenvalue weighted by Crippen LogP contribution is -2.18. The normalized spacial score (nSPS) is 11.2. The maximum absolute atomic E-state index is 12.9. The van der Waals surface area contributed by atoms with Gasteiger partial charge in [0.05, 0.1) is 23.6 Å². The van der Waals surface area contributed by atoms with Crippen molar-refractivity contribution in [2.45, 2.75) is 19.8 Å². The van der Waals surface area contributed by atoms with Crippen LogP contribution < -0.4 is 10.3 Å². The molecule has 0 aliphatic heterocycles. The number of aromatic nitrogens is 1. The maximum Gasteiger partial charge on any atom is 0.272 e. The fourth-order valence-corrected chi connectivity index (χ4v) is 3.48. The average Bonchev–Trinajstić information content (AvgIpc) is 3.37. The number of rotatable bonds is 8. The topological polar surface area (TPSA) is 70.7 Å². The van der Waals surface area contributed by atoms with Crippen molar-refractivity contribution in [1.29, 1.82) is 0 Å². The van der Waals surface area contributed by atoms with Crippen molar-refractivity contribution in [1.82, 2.24) is 10.4 Å². The van der Waals surface area contributed by atoms with E-state index < -0.39 is 0 Å². The van der Waals surface area contributed by atoms with E-state index in [1.807, 2.05) is 42.5 Å². The van der Waals surface area contributed by atoms with Crippen LogP contribution in [0.2, 0.25) is 0 Å². The Morgan fingerprint density at radius 3 is 2.69 bits per heavy atom. The van der Waals surface area contributed by atoms with Crippen LogP contribution in [0.15, 0.2) is 82.5 Å². The first-order valence-corrected chi connectivity index (χ1v) is 10.7. The molecule has 0 radical (unpaired) electrons. The Kier molecular flexibility index (Phi) is 6.60. The van der Waals surface area contributed by atoms with Gasteiger partial charge in [0, 0.05) is 24.7 Å². The molecule has 4 rings (SSSR count). The van der Waals surface area contributed by atoms with Crippen LogP contribution in [0.3, 0.4) is 0 Å². The first-order valence-electron chi connectivity index (χ1n) is 10.7. The minimum atomic E-state index is -0.302. The molecular formula is C26H26N4O2. The highest BCUT2D eigenvalue weighted by molar-refractivity contribution is 6.07. The molecule has 6 heteroatoms. The monoisotopic (exact) mass is 426 g/mol. The number of hydrazone groups is 1. The van der Waals surface area contributed by atoms with Crippen molar-refractivity contribution < 1.29 is 9.21 Å². The number of amides is 1. The summed E-state index contributed by atoms with van der Waals surface area (Å²) in [4.78, 5) is 19.8. The summed E-state index contributed by atoms with van der Waals surface area (Å²) in [5.41, 5.74) is 6.53. The summed E-state index contributed by atoms with van der Waals surface area (Å²) in [6, 6.07) is 21.0. The van der Waals surface area contributed by atoms with Gasteiger partial charge in [-0.05, 0) is 48.4 Å². The minimum absolute atomic E-state index is 0.302. The van der Waals surface area contributed by atoms with Gasteiger partial charge in [0.1, 0.15) is 5.69 Å². The number of nitrogens with zero attached hydrogens (tertiary/aromatic N) is 3. The molecule has 0 aliphatic carbocycles. The third-order valence-electron chi connectivity index (χ3n) is 5.30. The molecule has 0 unspecified atom stereocenters. The van der Waals surface area contributed by atoms with E-state index in [4.69, 9.17) is 4.42 Å². The molecule has 0 bridgehead atoms. The van der Waals surface area contributed by atoms with Gasteiger partial charge in [-0.2, -0.15) is 5.10 Å². The number of hydrogen-bond acceptors (Lipinski definition) is 5. The van der Waals surface area contributed by atoms with Gasteiger partial charge in [-0.3, -0.25) is 4.79 Å². The quantitative estimate of drug-likeness (QED) is 0.299. The highest BCUT2D eigenvalue weighted by atomic mass is 16.3. The fraction of sp³-hybridized carbons (Fsp3) is 0.192. The number of benzene rings is 2. The second-order valence-corrected chi connectivity index (χ2v) is 7.62. The molecule has 2 heterocycles. The molecule has 1 amide bonds. The van der Waals surface area contributed by atoms with Crippen LogP contribution in [0.4, 0.5) is 5.69 Å². The predicted octanol–water partition coefficient (Wildman–Crippen LogP) is 5.50. The van der Waals surface area contributed by atoms with E-state index >= 15 is 0 Å². The van der Waals surface area contributed by atoms with Crippen LogP contribution in [-0.2, 0) is 0 Å². The number of carbonyl (C=O) groups is 1. The first kappa shape index (κ1) is 21.3. The Morgan fingerprint density at radius 2 is 1.94 bits per heavy atom. The Balaban J connectivity index is 1.50. The van der Waals surface area contributed by atoms with E-state index in [2.05, 4.69) is 46.5 Å². The van der Waals surface area contributed by atoms with Crippen LogP contribution in [-0.4, -0.2) is 30.7 Å². The molecular weight excluding hydrogens is 400 g/mol. The molecule has 6 nitrogen and oxygen atoms in total. The number of pyridine rings is 1. The zero-order chi connectivity index (χ0) is 22.3. The summed E-state index contributed by atoms with van der Waals surface area (Å²) in [6.45, 7) is 3.22. The Hall–Kier alpha value is -3.93. The number of hydrogen-bond donors (Lipinski definition) is 1. The number of nitrogens with one attached hydrogen (secondary N) is 1. The molecule has 0 aliphatic rings. The number of anilines is 1. The van der Waals surface area contributed by atoms with Gasteiger partial charge < -0.3 is 9.32 Å². The van der Waals surface area contributed by atoms with Gasteiger partial charge in [0.15, 0.2) is 5.76 Å². The summed E-state index contributed by atoms with van der Waals surface area (Å²) < 4.78 is 5.46. The highest BCUT2D eigenvalue weighted by Gasteiger charge is 2.14. The molecule has 2 aromatic heterocycles. The molecule has 2 aromatic carbocycles. The average molecular weight is 427 g/mol. The summed E-state index contributed by atoms with van der Waals surface area (Å²) >= 11 is 0. The van der Waals surface area contributed by atoms with Crippen LogP contribution >= 0.6 is 0 Å². The Morgan fingerprint density at radius 1 is 1.12 bits per heavy atom. The molecule has 162 valence electrons. The second kappa shape index (κ2) is 9.92. The zero-order valence-corrected chi connectivity index (χ0v) is 18.3. The largest absolute Gasteiger partial charge is 0.463 e. The number of fused-ring (bicyclic) bond motifs is 1. The number of para-hydroxylation sites is 1. The SMILES string of the molecule is CCCCN(C)c1ccc(/C=N/NC(=O)c2cc(-c3ccco3)nc3ccccc23)cc1. The Bertz CT molecular complexity index is 1210. The molecule has 0 spiro atoms. The highest BCUT2D eigenvalue weighted by Crippen LogP contribution is 2.25. The van der Waals surface area contributed by atoms with Crippen molar-refractivity contribution in [3.63, 3.8) is 0 Å². The van der Waals surface area contributed by atoms with Gasteiger partial charge in [-0.1, -0.05) is 43.7 Å². The molecule has 32 heavy (non-hydrogen) atoms. The smallest absolute Gasteiger partial charge is 0.272 e. The van der Waals surface area contributed by atoms with E-state index in [0.717, 1.165) is 35.1 Å². The Labute approximate surface area is 187 Å². The standard InChI is InChI=1S/C26H26N4O2/c1-3-4-15-30(2)20-13-11-19(12-14-20)18-27-29-26(31)22-17-24(25-10-7-16-32-25)28-23-9-6-5-8-21(22)23/h5-14,16-18H,3-4,15H2,1-2H3,(H,29,31)/b27-18+. The van der Waals surface area contributed by atoms with E-state index in [-0.39, 0.29) is 5.91 Å². The lowest BCUT2D eigenvalue weighted by atomic mass is 10.1. The van der Waals surface area contributed by atoms with Crippen molar-refractivity contribution >= 4 is 28.7 Å². The number of unbranched alkanes of at least 4 members (excludes halogenated alkanes) is 1. The van der Waals surface area contributed by atoms with Crippen LogP contribution in [0.25, 0.3) is 22.4 Å². The lowest BCUT2D eigenvalue weighted by Gasteiger charge is -2.18. The summed E-state index contributed by atoms with van der Waals surface area (Å²) in [6.07, 6.45) is 5.56. The number of carbonyl (C=O) groups excluding carboxylic acids is 1. The maximum atomic E-state index is 12.9. The van der Waals surface area contributed by atoms with E-state index in [9.17, 15) is 4.79 Å². The van der Waals surface area contributed by atoms with Crippen molar-refractivity contribution in [3.05, 3.63) is 84.1 Å². The summed E-state index contributed by atoms with van der Waals surface area (Å²) in [7, 11) is 2.09. The molecule has 0 fully saturated rings. The van der Waals surface area contributed by atoms with E-state index in [1.165, 1.54) is 6.42 Å². The van der Waals surface area contributed by atoms with Crippen LogP contribution in [0.5, 0.6) is 0 Å². The minimum Gasteiger partial charge on any atom is -0.463 e. The van der Waals surface area contributed by atoms with Gasteiger partial charge in [-0.15, -0.1) is 0 Å². The zero-order valence-electron chi connectivity index (χ0n) is 18.3. The number of furan rings is 1. The fourth-order valence-electron chi connectivity index (χ4n) is 3.48. The van der Waals surface area contributed by atoms with Crippen molar-refractivity contribution in [2.24, 2.45) is 5.10 Å². The summed E-state index contributed by atoms with van der Waals surface area (Å²) in [5.74, 6) is 0.306. The third kappa shape index (κ3) is 4.86. The summed E-state index contributed by atoms with van der Waals surface area (Å²) in [5, 5.41) is 4.92. The molecule has 1 N–H and O–H groups in total. The van der Waals surface area contributed by atoms with E-state index in [0.29, 0.717) is 17.0 Å². The van der Waals surface area contributed by atoms with Crippen LogP contribution in [0.1, 0.15) is 35.7 Å². The van der Waals surface area contributed by atoms with Crippen molar-refractivity contribution in [3.8, 4) is 11.5 Å².